The van der Waals surface area contributed by atoms with Gasteiger partial charge in [0, 0.05) is 23.3 Å². The summed E-state index contributed by atoms with van der Waals surface area (Å²) in [6.45, 7) is 2.13. The van der Waals surface area contributed by atoms with Crippen molar-refractivity contribution in [3.05, 3.63) is 94.5 Å². The summed E-state index contributed by atoms with van der Waals surface area (Å²) in [7, 11) is 3.97. The van der Waals surface area contributed by atoms with Crippen LogP contribution in [0.1, 0.15) is 36.3 Å². The maximum absolute atomic E-state index is 13.5. The lowest BCUT2D eigenvalue weighted by atomic mass is 9.83. The fraction of sp³-hybridized carbons (Fsp3) is 0.290. The van der Waals surface area contributed by atoms with Crippen LogP contribution in [0.4, 0.5) is 17.1 Å². The second-order valence-electron chi connectivity index (χ2n) is 9.82. The van der Waals surface area contributed by atoms with Crippen molar-refractivity contribution >= 4 is 50.9 Å². The number of nitrogens with one attached hydrogen (secondary N) is 3. The zero-order chi connectivity index (χ0) is 26.9. The molecular formula is C31H35BrN4O2. The van der Waals surface area contributed by atoms with Crippen LogP contribution in [0.2, 0.25) is 0 Å². The van der Waals surface area contributed by atoms with E-state index in [1.54, 1.807) is 6.08 Å². The number of hydrogen-bond acceptors (Lipinski definition) is 4. The molecule has 6 nitrogen and oxygen atoms in total. The molecule has 7 heteroatoms. The average molecular weight is 576 g/mol. The number of halogens is 1. The number of hydrogen-bond donors (Lipinski definition) is 3. The second-order valence-corrected chi connectivity index (χ2v) is 10.7. The van der Waals surface area contributed by atoms with Crippen LogP contribution < -0.4 is 16.0 Å². The van der Waals surface area contributed by atoms with Crippen LogP contribution in [0.15, 0.2) is 83.3 Å². The highest BCUT2D eigenvalue weighted by Gasteiger charge is 2.27. The van der Waals surface area contributed by atoms with Crippen molar-refractivity contribution in [1.29, 1.82) is 0 Å². The fourth-order valence-corrected chi connectivity index (χ4v) is 5.05. The lowest BCUT2D eigenvalue weighted by Crippen LogP contribution is -2.32. The Balaban J connectivity index is 1.45. The Morgan fingerprint density at radius 1 is 0.947 bits per heavy atom. The first-order valence-corrected chi connectivity index (χ1v) is 13.8. The van der Waals surface area contributed by atoms with Gasteiger partial charge in [-0.25, -0.2) is 0 Å². The Morgan fingerprint density at radius 2 is 1.61 bits per heavy atom. The van der Waals surface area contributed by atoms with Crippen LogP contribution in [-0.4, -0.2) is 43.9 Å². The predicted octanol–water partition coefficient (Wildman–Crippen LogP) is 6.60. The Bertz CT molecular complexity index is 1250. The van der Waals surface area contributed by atoms with Crippen LogP contribution in [-0.2, 0) is 9.59 Å². The van der Waals surface area contributed by atoms with Crippen LogP contribution in [0.25, 0.3) is 6.08 Å². The summed E-state index contributed by atoms with van der Waals surface area (Å²) in [4.78, 5) is 28.3. The lowest BCUT2D eigenvalue weighted by Gasteiger charge is -2.31. The maximum Gasteiger partial charge on any atom is 0.248 e. The molecule has 198 valence electrons. The van der Waals surface area contributed by atoms with Crippen molar-refractivity contribution in [3.63, 3.8) is 0 Å². The molecule has 0 aliphatic carbocycles. The molecule has 1 fully saturated rings. The highest BCUT2D eigenvalue weighted by Crippen LogP contribution is 2.31. The van der Waals surface area contributed by atoms with Gasteiger partial charge in [0.1, 0.15) is 0 Å². The van der Waals surface area contributed by atoms with Gasteiger partial charge < -0.3 is 20.9 Å². The second kappa shape index (κ2) is 13.4. The molecule has 1 atom stereocenters. The molecular weight excluding hydrogens is 540 g/mol. The third kappa shape index (κ3) is 7.79. The molecule has 1 heterocycles. The van der Waals surface area contributed by atoms with Crippen LogP contribution in [0.5, 0.6) is 0 Å². The van der Waals surface area contributed by atoms with Gasteiger partial charge in [-0.2, -0.15) is 0 Å². The van der Waals surface area contributed by atoms with Crippen LogP contribution in [0, 0.1) is 5.92 Å². The molecule has 1 aliphatic heterocycles. The standard InChI is InChI=1S/C31H35BrN4O2/c1-33-28-5-3-4-6-29(28)35-30(37)16-9-22-7-10-24(11-8-22)27(21-23-17-19-36(2)20-18-23)31(38)34-26-14-12-25(32)13-15-26/h3-16,23,27,33H,17-21H2,1-2H3,(H,34,38)(H,35,37)/b16-9+. The number of nitrogens with zero attached hydrogens (tertiary/aromatic N) is 1. The van der Waals surface area contributed by atoms with Crippen molar-refractivity contribution in [2.24, 2.45) is 5.92 Å². The van der Waals surface area contributed by atoms with E-state index in [-0.39, 0.29) is 17.7 Å². The van der Waals surface area contributed by atoms with E-state index in [4.69, 9.17) is 0 Å². The molecule has 2 amide bonds. The minimum absolute atomic E-state index is 0.0112. The minimum atomic E-state index is -0.244. The molecule has 4 rings (SSSR count). The molecule has 3 N–H and O–H groups in total. The topological polar surface area (TPSA) is 73.5 Å². The molecule has 1 saturated heterocycles. The summed E-state index contributed by atoms with van der Waals surface area (Å²) in [6.07, 6.45) is 6.34. The number of rotatable bonds is 9. The molecule has 1 unspecified atom stereocenters. The van der Waals surface area contributed by atoms with Gasteiger partial charge in [0.15, 0.2) is 0 Å². The zero-order valence-corrected chi connectivity index (χ0v) is 23.5. The predicted molar refractivity (Wildman–Crippen MR) is 160 cm³/mol. The third-order valence-electron chi connectivity index (χ3n) is 7.06. The van der Waals surface area contributed by atoms with Crippen molar-refractivity contribution < 1.29 is 9.59 Å². The summed E-state index contributed by atoms with van der Waals surface area (Å²) in [5, 5.41) is 9.09. The van der Waals surface area contributed by atoms with Crippen LogP contribution >= 0.6 is 15.9 Å². The monoisotopic (exact) mass is 574 g/mol. The number of para-hydroxylation sites is 2. The SMILES string of the molecule is CNc1ccccc1NC(=O)/C=C/c1ccc(C(CC2CCN(C)CC2)C(=O)Nc2ccc(Br)cc2)cc1. The molecule has 0 saturated carbocycles. The van der Waals surface area contributed by atoms with E-state index in [0.29, 0.717) is 5.92 Å². The molecule has 0 radical (unpaired) electrons. The fourth-order valence-electron chi connectivity index (χ4n) is 4.78. The Hall–Kier alpha value is -3.42. The van der Waals surface area contributed by atoms with Crippen molar-refractivity contribution in [2.75, 3.05) is 43.1 Å². The van der Waals surface area contributed by atoms with E-state index in [9.17, 15) is 9.59 Å². The van der Waals surface area contributed by atoms with Crippen LogP contribution in [0.3, 0.4) is 0 Å². The molecule has 0 aromatic heterocycles. The summed E-state index contributed by atoms with van der Waals surface area (Å²) < 4.78 is 0.974. The summed E-state index contributed by atoms with van der Waals surface area (Å²) in [5.74, 6) is 0.0740. The van der Waals surface area contributed by atoms with Crippen molar-refractivity contribution in [3.8, 4) is 0 Å². The van der Waals surface area contributed by atoms with E-state index in [1.165, 1.54) is 6.08 Å². The van der Waals surface area contributed by atoms with Crippen molar-refractivity contribution in [1.82, 2.24) is 4.90 Å². The Kier molecular flexibility index (Phi) is 9.73. The summed E-state index contributed by atoms with van der Waals surface area (Å²) in [5.41, 5.74) is 4.27. The first kappa shape index (κ1) is 27.6. The number of carbonyl (C=O) groups is 2. The first-order valence-electron chi connectivity index (χ1n) is 13.0. The lowest BCUT2D eigenvalue weighted by molar-refractivity contribution is -0.118. The Labute approximate surface area is 233 Å². The van der Waals surface area contributed by atoms with E-state index >= 15 is 0 Å². The molecule has 3 aromatic rings. The third-order valence-corrected chi connectivity index (χ3v) is 7.58. The Morgan fingerprint density at radius 3 is 2.26 bits per heavy atom. The van der Waals surface area contributed by atoms with Gasteiger partial charge in [0.05, 0.1) is 17.3 Å². The number of anilines is 3. The maximum atomic E-state index is 13.5. The number of likely N-dealkylation sites (tertiary alicyclic amines) is 1. The number of piperidine rings is 1. The van der Waals surface area contributed by atoms with E-state index in [1.807, 2.05) is 79.8 Å². The molecule has 0 bridgehead atoms. The van der Waals surface area contributed by atoms with Gasteiger partial charge in [-0.1, -0.05) is 52.3 Å². The van der Waals surface area contributed by atoms with Gasteiger partial charge in [-0.15, -0.1) is 0 Å². The highest BCUT2D eigenvalue weighted by molar-refractivity contribution is 9.10. The number of carbonyl (C=O) groups excluding carboxylic acids is 2. The average Bonchev–Trinajstić information content (AvgIpc) is 2.93. The van der Waals surface area contributed by atoms with Gasteiger partial charge in [0.2, 0.25) is 11.8 Å². The smallest absolute Gasteiger partial charge is 0.248 e. The van der Waals surface area contributed by atoms with Gasteiger partial charge in [-0.3, -0.25) is 9.59 Å². The normalized spacial score (nSPS) is 15.2. The summed E-state index contributed by atoms with van der Waals surface area (Å²) in [6, 6.07) is 23.2. The zero-order valence-electron chi connectivity index (χ0n) is 21.9. The number of amides is 2. The molecule has 3 aromatic carbocycles. The van der Waals surface area contributed by atoms with E-state index in [2.05, 4.69) is 43.8 Å². The molecule has 1 aliphatic rings. The van der Waals surface area contributed by atoms with Gasteiger partial charge >= 0.3 is 0 Å². The van der Waals surface area contributed by atoms with E-state index in [0.717, 1.165) is 65.0 Å². The quantitative estimate of drug-likeness (QED) is 0.252. The van der Waals surface area contributed by atoms with Gasteiger partial charge in [0.25, 0.3) is 0 Å². The summed E-state index contributed by atoms with van der Waals surface area (Å²) >= 11 is 3.45. The highest BCUT2D eigenvalue weighted by atomic mass is 79.9. The van der Waals surface area contributed by atoms with Crippen molar-refractivity contribution in [2.45, 2.75) is 25.2 Å². The first-order chi connectivity index (χ1) is 18.4. The van der Waals surface area contributed by atoms with Gasteiger partial charge in [-0.05, 0) is 98.9 Å². The minimum Gasteiger partial charge on any atom is -0.386 e. The number of benzene rings is 3. The largest absolute Gasteiger partial charge is 0.386 e. The van der Waals surface area contributed by atoms with E-state index < -0.39 is 0 Å². The molecule has 38 heavy (non-hydrogen) atoms. The molecule has 0 spiro atoms.